The van der Waals surface area contributed by atoms with E-state index in [4.69, 9.17) is 16.7 Å². The van der Waals surface area contributed by atoms with Gasteiger partial charge < -0.3 is 4.52 Å². The van der Waals surface area contributed by atoms with Gasteiger partial charge in [0.1, 0.15) is 0 Å². The van der Waals surface area contributed by atoms with Gasteiger partial charge in [0.05, 0.1) is 0 Å². The Morgan fingerprint density at radius 2 is 2.07 bits per heavy atom. The Hall–Kier alpha value is -1.42. The molecule has 72 valence electrons. The van der Waals surface area contributed by atoms with Gasteiger partial charge >= 0.3 is 0 Å². The van der Waals surface area contributed by atoms with Crippen molar-refractivity contribution < 1.29 is 4.52 Å². The predicted molar refractivity (Wildman–Crippen MR) is 56.4 cm³/mol. The zero-order chi connectivity index (χ0) is 9.97. The van der Waals surface area contributed by atoms with Crippen LogP contribution in [-0.2, 0) is 6.54 Å². The highest BCUT2D eigenvalue weighted by molar-refractivity contribution is 7.71. The number of hydrogen-bond acceptors (Lipinski definition) is 3. The maximum absolute atomic E-state index is 5.01. The van der Waals surface area contributed by atoms with Gasteiger partial charge in [0, 0.05) is 12.1 Å². The second-order valence-corrected chi connectivity index (χ2v) is 3.23. The van der Waals surface area contributed by atoms with Gasteiger partial charge in [-0.1, -0.05) is 35.5 Å². The summed E-state index contributed by atoms with van der Waals surface area (Å²) in [7, 11) is 0. The summed E-state index contributed by atoms with van der Waals surface area (Å²) >= 11 is 5.01. The van der Waals surface area contributed by atoms with Crippen LogP contribution in [0.4, 0.5) is 0 Å². The molecular weight excluding hydrogens is 196 g/mol. The minimum atomic E-state index is 0.423. The lowest BCUT2D eigenvalue weighted by Gasteiger charge is -2.00. The van der Waals surface area contributed by atoms with E-state index in [9.17, 15) is 0 Å². The summed E-state index contributed by atoms with van der Waals surface area (Å²) in [5.74, 6) is 0.790. The molecule has 0 aliphatic rings. The Kier molecular flexibility index (Phi) is 2.45. The van der Waals surface area contributed by atoms with Crippen LogP contribution in [0, 0.1) is 4.84 Å². The SMILES string of the molecule is CCn1c(-c2ccccc2)noc1=S. The summed E-state index contributed by atoms with van der Waals surface area (Å²) in [4.78, 5) is 0.423. The molecule has 1 aromatic heterocycles. The zero-order valence-corrected chi connectivity index (χ0v) is 8.62. The molecular formula is C10H10N2OS. The van der Waals surface area contributed by atoms with E-state index < -0.39 is 0 Å². The first-order valence-corrected chi connectivity index (χ1v) is 4.85. The molecule has 1 heterocycles. The first-order chi connectivity index (χ1) is 6.83. The maximum Gasteiger partial charge on any atom is 0.297 e. The van der Waals surface area contributed by atoms with E-state index in [1.54, 1.807) is 0 Å². The quantitative estimate of drug-likeness (QED) is 0.708. The molecule has 4 heteroatoms. The second-order valence-electron chi connectivity index (χ2n) is 2.88. The highest BCUT2D eigenvalue weighted by Crippen LogP contribution is 2.17. The summed E-state index contributed by atoms with van der Waals surface area (Å²) in [6.45, 7) is 2.78. The summed E-state index contributed by atoms with van der Waals surface area (Å²) in [6.07, 6.45) is 0. The van der Waals surface area contributed by atoms with Crippen molar-refractivity contribution in [3.05, 3.63) is 35.2 Å². The minimum absolute atomic E-state index is 0.423. The Morgan fingerprint density at radius 3 is 2.71 bits per heavy atom. The van der Waals surface area contributed by atoms with Crippen LogP contribution in [0.5, 0.6) is 0 Å². The molecule has 0 spiro atoms. The van der Waals surface area contributed by atoms with E-state index in [1.807, 2.05) is 41.8 Å². The zero-order valence-electron chi connectivity index (χ0n) is 7.80. The summed E-state index contributed by atoms with van der Waals surface area (Å²) in [5.41, 5.74) is 1.02. The van der Waals surface area contributed by atoms with Crippen LogP contribution in [0.2, 0.25) is 0 Å². The molecule has 0 radical (unpaired) electrons. The van der Waals surface area contributed by atoms with E-state index in [1.165, 1.54) is 0 Å². The predicted octanol–water partition coefficient (Wildman–Crippen LogP) is 2.89. The van der Waals surface area contributed by atoms with Crippen LogP contribution in [-0.4, -0.2) is 9.72 Å². The van der Waals surface area contributed by atoms with Crippen molar-refractivity contribution in [3.8, 4) is 11.4 Å². The van der Waals surface area contributed by atoms with Crippen LogP contribution in [0.15, 0.2) is 34.9 Å². The fourth-order valence-corrected chi connectivity index (χ4v) is 1.59. The molecule has 2 rings (SSSR count). The smallest absolute Gasteiger partial charge is 0.297 e. The summed E-state index contributed by atoms with van der Waals surface area (Å²) in [6, 6.07) is 9.87. The highest BCUT2D eigenvalue weighted by Gasteiger charge is 2.07. The van der Waals surface area contributed by atoms with Crippen molar-refractivity contribution in [2.75, 3.05) is 0 Å². The molecule has 0 saturated heterocycles. The third-order valence-corrected chi connectivity index (χ3v) is 2.33. The molecule has 0 unspecified atom stereocenters. The fraction of sp³-hybridized carbons (Fsp3) is 0.200. The molecule has 2 aromatic rings. The van der Waals surface area contributed by atoms with Crippen molar-refractivity contribution >= 4 is 12.2 Å². The van der Waals surface area contributed by atoms with Crippen LogP contribution in [0.25, 0.3) is 11.4 Å². The summed E-state index contributed by atoms with van der Waals surface area (Å²) in [5, 5.41) is 3.94. The van der Waals surface area contributed by atoms with Crippen LogP contribution in [0.1, 0.15) is 6.92 Å². The second kappa shape index (κ2) is 3.75. The molecule has 0 bridgehead atoms. The van der Waals surface area contributed by atoms with Crippen molar-refractivity contribution in [1.82, 2.24) is 9.72 Å². The minimum Gasteiger partial charge on any atom is -0.324 e. The molecule has 0 atom stereocenters. The van der Waals surface area contributed by atoms with Crippen LogP contribution in [0.3, 0.4) is 0 Å². The van der Waals surface area contributed by atoms with Gasteiger partial charge in [-0.15, -0.1) is 0 Å². The van der Waals surface area contributed by atoms with Gasteiger partial charge in [-0.3, -0.25) is 4.57 Å². The molecule has 14 heavy (non-hydrogen) atoms. The average Bonchev–Trinajstić information content (AvgIpc) is 2.61. The van der Waals surface area contributed by atoms with Crippen molar-refractivity contribution in [2.45, 2.75) is 13.5 Å². The van der Waals surface area contributed by atoms with Crippen molar-refractivity contribution in [1.29, 1.82) is 0 Å². The number of nitrogens with zero attached hydrogens (tertiary/aromatic N) is 2. The Bertz CT molecular complexity index is 472. The van der Waals surface area contributed by atoms with E-state index in [0.29, 0.717) is 4.84 Å². The van der Waals surface area contributed by atoms with Crippen molar-refractivity contribution in [2.24, 2.45) is 0 Å². The van der Waals surface area contributed by atoms with Gasteiger partial charge in [0.15, 0.2) is 5.82 Å². The van der Waals surface area contributed by atoms with Crippen LogP contribution >= 0.6 is 12.2 Å². The molecule has 0 N–H and O–H groups in total. The van der Waals surface area contributed by atoms with Gasteiger partial charge in [0.2, 0.25) is 0 Å². The Morgan fingerprint density at radius 1 is 1.36 bits per heavy atom. The first-order valence-electron chi connectivity index (χ1n) is 4.45. The average molecular weight is 206 g/mol. The third kappa shape index (κ3) is 1.48. The maximum atomic E-state index is 5.01. The normalized spacial score (nSPS) is 10.4. The highest BCUT2D eigenvalue weighted by atomic mass is 32.1. The van der Waals surface area contributed by atoms with E-state index in [2.05, 4.69) is 5.16 Å². The van der Waals surface area contributed by atoms with Gasteiger partial charge in [-0.25, -0.2) is 0 Å². The molecule has 0 aliphatic carbocycles. The number of rotatable bonds is 2. The van der Waals surface area contributed by atoms with Gasteiger partial charge in [-0.2, -0.15) is 0 Å². The number of aromatic nitrogens is 2. The van der Waals surface area contributed by atoms with E-state index in [-0.39, 0.29) is 0 Å². The van der Waals surface area contributed by atoms with E-state index >= 15 is 0 Å². The molecule has 0 amide bonds. The lowest BCUT2D eigenvalue weighted by Crippen LogP contribution is -1.97. The fourth-order valence-electron chi connectivity index (χ4n) is 1.34. The number of benzene rings is 1. The monoisotopic (exact) mass is 206 g/mol. The molecule has 1 aromatic carbocycles. The standard InChI is InChI=1S/C10H10N2OS/c1-2-12-9(11-13-10(12)14)8-6-4-3-5-7-8/h3-7H,2H2,1H3. The largest absolute Gasteiger partial charge is 0.324 e. The van der Waals surface area contributed by atoms with Crippen LogP contribution < -0.4 is 0 Å². The molecule has 0 fully saturated rings. The number of hydrogen-bond donors (Lipinski definition) is 0. The molecule has 0 saturated carbocycles. The lowest BCUT2D eigenvalue weighted by molar-refractivity contribution is 0.398. The first kappa shape index (κ1) is 9.15. The Labute approximate surface area is 87.0 Å². The third-order valence-electron chi connectivity index (χ3n) is 2.03. The summed E-state index contributed by atoms with van der Waals surface area (Å²) < 4.78 is 6.83. The van der Waals surface area contributed by atoms with E-state index in [0.717, 1.165) is 17.9 Å². The lowest BCUT2D eigenvalue weighted by atomic mass is 10.2. The molecule has 0 aliphatic heterocycles. The van der Waals surface area contributed by atoms with Crippen molar-refractivity contribution in [3.63, 3.8) is 0 Å². The van der Waals surface area contributed by atoms with Gasteiger partial charge in [0.25, 0.3) is 4.84 Å². The Balaban J connectivity index is 2.57. The van der Waals surface area contributed by atoms with Gasteiger partial charge in [-0.05, 0) is 19.1 Å². The topological polar surface area (TPSA) is 31.0 Å². The molecule has 3 nitrogen and oxygen atoms in total.